The molecule has 20 heavy (non-hydrogen) atoms. The number of benzene rings is 1. The van der Waals surface area contributed by atoms with E-state index in [2.05, 4.69) is 0 Å². The molecule has 4 heteroatoms. The summed E-state index contributed by atoms with van der Waals surface area (Å²) < 4.78 is 15.2. The summed E-state index contributed by atoms with van der Waals surface area (Å²) in [5, 5.41) is 8.83. The first-order chi connectivity index (χ1) is 9.67. The molecule has 2 aromatic rings. The Morgan fingerprint density at radius 2 is 2.15 bits per heavy atom. The van der Waals surface area contributed by atoms with E-state index in [1.807, 2.05) is 23.0 Å². The molecule has 0 fully saturated rings. The monoisotopic (exact) mass is 268 g/mol. The molecule has 0 N–H and O–H groups in total. The van der Waals surface area contributed by atoms with E-state index < -0.39 is 5.82 Å². The minimum absolute atomic E-state index is 0.0514. The van der Waals surface area contributed by atoms with Crippen molar-refractivity contribution in [1.29, 1.82) is 5.26 Å². The van der Waals surface area contributed by atoms with Gasteiger partial charge in [0.15, 0.2) is 5.78 Å². The average Bonchev–Trinajstić information content (AvgIpc) is 2.85. The highest BCUT2D eigenvalue weighted by molar-refractivity contribution is 5.98. The van der Waals surface area contributed by atoms with Crippen molar-refractivity contribution in [3.63, 3.8) is 0 Å². The van der Waals surface area contributed by atoms with Crippen LogP contribution in [0, 0.1) is 17.1 Å². The summed E-state index contributed by atoms with van der Waals surface area (Å²) in [7, 11) is 0. The van der Waals surface area contributed by atoms with Gasteiger partial charge in [0.05, 0.1) is 5.56 Å². The first-order valence-electron chi connectivity index (χ1n) is 6.58. The average molecular weight is 268 g/mol. The zero-order valence-electron chi connectivity index (χ0n) is 10.9. The van der Waals surface area contributed by atoms with Crippen molar-refractivity contribution in [3.8, 4) is 6.07 Å². The highest BCUT2D eigenvalue weighted by Gasteiger charge is 2.19. The van der Waals surface area contributed by atoms with Gasteiger partial charge in [0, 0.05) is 30.9 Å². The molecule has 3 nitrogen and oxygen atoms in total. The van der Waals surface area contributed by atoms with Gasteiger partial charge in [-0.2, -0.15) is 5.26 Å². The Hall–Kier alpha value is -2.41. The van der Waals surface area contributed by atoms with Crippen molar-refractivity contribution in [2.75, 3.05) is 0 Å². The van der Waals surface area contributed by atoms with E-state index in [1.165, 1.54) is 6.07 Å². The molecule has 1 heterocycles. The Balaban J connectivity index is 1.89. The number of aromatic nitrogens is 1. The van der Waals surface area contributed by atoms with Gasteiger partial charge in [0.2, 0.25) is 0 Å². The van der Waals surface area contributed by atoms with Gasteiger partial charge in [-0.1, -0.05) is 6.07 Å². The number of aryl methyl sites for hydroxylation is 1. The predicted molar refractivity (Wildman–Crippen MR) is 71.9 cm³/mol. The zero-order valence-corrected chi connectivity index (χ0v) is 10.9. The van der Waals surface area contributed by atoms with Crippen LogP contribution in [-0.4, -0.2) is 10.4 Å². The van der Waals surface area contributed by atoms with E-state index in [0.717, 1.165) is 29.5 Å². The fraction of sp³-hybridized carbons (Fsp3) is 0.250. The molecule has 0 unspecified atom stereocenters. The van der Waals surface area contributed by atoms with Crippen LogP contribution in [0.5, 0.6) is 0 Å². The Bertz CT molecular complexity index is 725. The molecule has 1 aromatic carbocycles. The number of hydrogen-bond acceptors (Lipinski definition) is 2. The van der Waals surface area contributed by atoms with Gasteiger partial charge in [0.25, 0.3) is 0 Å². The van der Waals surface area contributed by atoms with Gasteiger partial charge in [-0.15, -0.1) is 0 Å². The molecular weight excluding hydrogens is 255 g/mol. The number of nitriles is 1. The van der Waals surface area contributed by atoms with Crippen molar-refractivity contribution in [1.82, 2.24) is 4.57 Å². The molecule has 100 valence electrons. The van der Waals surface area contributed by atoms with Gasteiger partial charge in [-0.05, 0) is 36.1 Å². The lowest BCUT2D eigenvalue weighted by Gasteiger charge is -2.07. The molecule has 0 atom stereocenters. The van der Waals surface area contributed by atoms with Crippen molar-refractivity contribution >= 4 is 5.78 Å². The number of nitrogens with zero attached hydrogens (tertiary/aromatic N) is 2. The summed E-state index contributed by atoms with van der Waals surface area (Å²) in [5.74, 6) is -0.306. The van der Waals surface area contributed by atoms with Gasteiger partial charge in [-0.25, -0.2) is 4.39 Å². The highest BCUT2D eigenvalue weighted by atomic mass is 19.1. The van der Waals surface area contributed by atoms with Crippen LogP contribution in [0.2, 0.25) is 0 Å². The van der Waals surface area contributed by atoms with Crippen molar-refractivity contribution < 1.29 is 9.18 Å². The number of Topliss-reactive ketones (excluding diaryl/α,β-unsaturated/α-hetero) is 1. The summed E-state index contributed by atoms with van der Waals surface area (Å²) in [4.78, 5) is 11.8. The van der Waals surface area contributed by atoms with Crippen LogP contribution in [0.1, 0.15) is 39.9 Å². The Morgan fingerprint density at radius 3 is 2.90 bits per heavy atom. The lowest BCUT2D eigenvalue weighted by atomic mass is 9.95. The fourth-order valence-corrected chi connectivity index (χ4v) is 2.64. The predicted octanol–water partition coefficient (Wildman–Crippen LogP) is 3.07. The molecule has 0 saturated heterocycles. The van der Waals surface area contributed by atoms with E-state index in [-0.39, 0.29) is 11.3 Å². The van der Waals surface area contributed by atoms with E-state index in [9.17, 15) is 9.18 Å². The lowest BCUT2D eigenvalue weighted by molar-refractivity contribution is 0.0973. The molecule has 1 aromatic heterocycles. The molecule has 0 bridgehead atoms. The number of carbonyl (C=O) groups is 1. The maximum atomic E-state index is 13.3. The van der Waals surface area contributed by atoms with Gasteiger partial charge >= 0.3 is 0 Å². The second kappa shape index (κ2) is 4.93. The number of fused-ring (bicyclic) bond motifs is 1. The fourth-order valence-electron chi connectivity index (χ4n) is 2.64. The number of halogens is 1. The summed E-state index contributed by atoms with van der Waals surface area (Å²) in [6.45, 7) is 0.537. The van der Waals surface area contributed by atoms with E-state index in [0.29, 0.717) is 13.0 Å². The van der Waals surface area contributed by atoms with E-state index in [4.69, 9.17) is 5.26 Å². The zero-order chi connectivity index (χ0) is 14.1. The smallest absolute Gasteiger partial charge is 0.164 e. The van der Waals surface area contributed by atoms with Crippen LogP contribution in [-0.2, 0) is 13.0 Å². The normalized spacial score (nSPS) is 13.9. The third kappa shape index (κ3) is 2.23. The van der Waals surface area contributed by atoms with Gasteiger partial charge < -0.3 is 4.57 Å². The maximum Gasteiger partial charge on any atom is 0.164 e. The molecule has 0 radical (unpaired) electrons. The van der Waals surface area contributed by atoms with Crippen LogP contribution >= 0.6 is 0 Å². The Morgan fingerprint density at radius 1 is 1.30 bits per heavy atom. The largest absolute Gasteiger partial charge is 0.349 e. The lowest BCUT2D eigenvalue weighted by Crippen LogP contribution is -2.07. The van der Waals surface area contributed by atoms with Gasteiger partial charge in [0.1, 0.15) is 11.9 Å². The third-order valence-corrected chi connectivity index (χ3v) is 3.63. The summed E-state index contributed by atoms with van der Waals surface area (Å²) in [6, 6.07) is 6.36. The third-order valence-electron chi connectivity index (χ3n) is 3.63. The second-order valence-electron chi connectivity index (χ2n) is 5.07. The highest BCUT2D eigenvalue weighted by Crippen LogP contribution is 2.22. The van der Waals surface area contributed by atoms with E-state index >= 15 is 0 Å². The SMILES string of the molecule is N#Cc1cc(Cn2cc3c(c2)C(=O)CCC3)ccc1F. The number of rotatable bonds is 2. The molecular formula is C16H13FN2O. The molecule has 0 saturated carbocycles. The summed E-state index contributed by atoms with van der Waals surface area (Å²) >= 11 is 0. The quantitative estimate of drug-likeness (QED) is 0.840. The minimum atomic E-state index is -0.502. The van der Waals surface area contributed by atoms with Crippen LogP contribution in [0.15, 0.2) is 30.6 Å². The first-order valence-corrected chi connectivity index (χ1v) is 6.58. The van der Waals surface area contributed by atoms with Crippen LogP contribution < -0.4 is 0 Å². The topological polar surface area (TPSA) is 45.8 Å². The first kappa shape index (κ1) is 12.6. The molecule has 1 aliphatic rings. The molecule has 1 aliphatic carbocycles. The summed E-state index contributed by atoms with van der Waals surface area (Å²) in [5.41, 5.74) is 2.79. The summed E-state index contributed by atoms with van der Waals surface area (Å²) in [6.07, 6.45) is 6.28. The second-order valence-corrected chi connectivity index (χ2v) is 5.07. The van der Waals surface area contributed by atoms with Crippen LogP contribution in [0.4, 0.5) is 4.39 Å². The van der Waals surface area contributed by atoms with E-state index in [1.54, 1.807) is 12.1 Å². The minimum Gasteiger partial charge on any atom is -0.349 e. The van der Waals surface area contributed by atoms with Crippen molar-refractivity contribution in [2.45, 2.75) is 25.8 Å². The Kier molecular flexibility index (Phi) is 3.11. The van der Waals surface area contributed by atoms with Crippen molar-refractivity contribution in [3.05, 3.63) is 58.7 Å². The van der Waals surface area contributed by atoms with Crippen LogP contribution in [0.3, 0.4) is 0 Å². The van der Waals surface area contributed by atoms with Crippen LogP contribution in [0.25, 0.3) is 0 Å². The molecule has 3 rings (SSSR count). The van der Waals surface area contributed by atoms with Gasteiger partial charge in [-0.3, -0.25) is 4.79 Å². The standard InChI is InChI=1S/C16H13FN2O/c17-15-5-4-11(6-13(15)7-18)8-19-9-12-2-1-3-16(20)14(12)10-19/h4-6,9-10H,1-3,8H2. The number of carbonyl (C=O) groups excluding carboxylic acids is 1. The number of ketones is 1. The Labute approximate surface area is 116 Å². The maximum absolute atomic E-state index is 13.3. The van der Waals surface area contributed by atoms with Crippen molar-refractivity contribution in [2.24, 2.45) is 0 Å². The number of hydrogen-bond donors (Lipinski definition) is 0. The molecule has 0 aliphatic heterocycles. The molecule has 0 spiro atoms. The molecule has 0 amide bonds.